The Kier molecular flexibility index (Phi) is 4.49. The zero-order valence-electron chi connectivity index (χ0n) is 11.1. The molecule has 0 aliphatic carbocycles. The van der Waals surface area contributed by atoms with E-state index in [0.717, 1.165) is 18.5 Å². The highest BCUT2D eigenvalue weighted by atomic mass is 19.3. The van der Waals surface area contributed by atoms with E-state index in [0.29, 0.717) is 17.9 Å². The zero-order chi connectivity index (χ0) is 14.5. The molecule has 7 heteroatoms. The van der Waals surface area contributed by atoms with Crippen LogP contribution in [-0.4, -0.2) is 21.6 Å². The van der Waals surface area contributed by atoms with E-state index in [1.54, 1.807) is 22.9 Å². The van der Waals surface area contributed by atoms with E-state index in [1.807, 2.05) is 6.92 Å². The SMILES string of the molecule is CCCc1c(N)nnn1Cc1ccccc1OC(F)F. The van der Waals surface area contributed by atoms with Gasteiger partial charge in [0.2, 0.25) is 0 Å². The molecule has 0 aliphatic heterocycles. The van der Waals surface area contributed by atoms with Crippen molar-refractivity contribution in [3.8, 4) is 5.75 Å². The van der Waals surface area contributed by atoms with Crippen molar-refractivity contribution in [3.05, 3.63) is 35.5 Å². The second-order valence-corrected chi connectivity index (χ2v) is 4.32. The molecule has 0 bridgehead atoms. The maximum Gasteiger partial charge on any atom is 0.387 e. The first-order chi connectivity index (χ1) is 9.61. The molecule has 1 aromatic carbocycles. The molecular weight excluding hydrogens is 266 g/mol. The largest absolute Gasteiger partial charge is 0.434 e. The first-order valence-corrected chi connectivity index (χ1v) is 6.32. The Morgan fingerprint density at radius 3 is 2.80 bits per heavy atom. The Morgan fingerprint density at radius 1 is 1.35 bits per heavy atom. The lowest BCUT2D eigenvalue weighted by atomic mass is 10.2. The molecule has 1 heterocycles. The first kappa shape index (κ1) is 14.2. The van der Waals surface area contributed by atoms with Crippen LogP contribution in [0, 0.1) is 0 Å². The summed E-state index contributed by atoms with van der Waals surface area (Å²) in [5.74, 6) is 0.512. The number of alkyl halides is 2. The van der Waals surface area contributed by atoms with E-state index < -0.39 is 6.61 Å². The molecular formula is C13H16F2N4O. The van der Waals surface area contributed by atoms with Crippen LogP contribution >= 0.6 is 0 Å². The molecule has 0 saturated heterocycles. The van der Waals surface area contributed by atoms with Gasteiger partial charge >= 0.3 is 6.61 Å². The van der Waals surface area contributed by atoms with Crippen molar-refractivity contribution in [2.24, 2.45) is 0 Å². The monoisotopic (exact) mass is 282 g/mol. The van der Waals surface area contributed by atoms with Gasteiger partial charge in [-0.2, -0.15) is 8.78 Å². The number of para-hydroxylation sites is 1. The molecule has 20 heavy (non-hydrogen) atoms. The lowest BCUT2D eigenvalue weighted by molar-refractivity contribution is -0.0505. The Labute approximate surface area is 115 Å². The van der Waals surface area contributed by atoms with Gasteiger partial charge in [0.1, 0.15) is 5.75 Å². The summed E-state index contributed by atoms with van der Waals surface area (Å²) in [7, 11) is 0. The summed E-state index contributed by atoms with van der Waals surface area (Å²) in [6, 6.07) is 6.61. The Morgan fingerprint density at radius 2 is 2.10 bits per heavy atom. The van der Waals surface area contributed by atoms with E-state index >= 15 is 0 Å². The Hall–Kier alpha value is -2.18. The summed E-state index contributed by atoms with van der Waals surface area (Å²) in [6.07, 6.45) is 1.63. The number of aromatic nitrogens is 3. The van der Waals surface area contributed by atoms with Crippen molar-refractivity contribution < 1.29 is 13.5 Å². The van der Waals surface area contributed by atoms with Crippen LogP contribution in [0.5, 0.6) is 5.75 Å². The van der Waals surface area contributed by atoms with Gasteiger partial charge in [0.15, 0.2) is 5.82 Å². The van der Waals surface area contributed by atoms with Crippen molar-refractivity contribution in [1.29, 1.82) is 0 Å². The molecule has 2 N–H and O–H groups in total. The maximum atomic E-state index is 12.4. The number of nitrogens with two attached hydrogens (primary N) is 1. The van der Waals surface area contributed by atoms with E-state index in [-0.39, 0.29) is 5.75 Å². The summed E-state index contributed by atoms with van der Waals surface area (Å²) < 4.78 is 30.8. The van der Waals surface area contributed by atoms with E-state index in [1.165, 1.54) is 6.07 Å². The molecule has 0 spiro atoms. The van der Waals surface area contributed by atoms with E-state index in [2.05, 4.69) is 15.0 Å². The third-order valence-corrected chi connectivity index (χ3v) is 2.86. The van der Waals surface area contributed by atoms with Gasteiger partial charge in [0.05, 0.1) is 12.2 Å². The van der Waals surface area contributed by atoms with Crippen LogP contribution in [0.3, 0.4) is 0 Å². The average molecular weight is 282 g/mol. The Balaban J connectivity index is 2.26. The number of benzene rings is 1. The summed E-state index contributed by atoms with van der Waals surface area (Å²) >= 11 is 0. The predicted octanol–water partition coefficient (Wildman–Crippen LogP) is 2.46. The normalized spacial score (nSPS) is 11.0. The smallest absolute Gasteiger partial charge is 0.387 e. The molecule has 5 nitrogen and oxygen atoms in total. The van der Waals surface area contributed by atoms with Crippen molar-refractivity contribution in [2.45, 2.75) is 32.9 Å². The predicted molar refractivity (Wildman–Crippen MR) is 70.6 cm³/mol. The summed E-state index contributed by atoms with van der Waals surface area (Å²) in [6.45, 7) is -0.542. The van der Waals surface area contributed by atoms with Gasteiger partial charge < -0.3 is 10.5 Å². The average Bonchev–Trinajstić information content (AvgIpc) is 2.74. The number of rotatable bonds is 6. The summed E-state index contributed by atoms with van der Waals surface area (Å²) in [4.78, 5) is 0. The number of anilines is 1. The van der Waals surface area contributed by atoms with Gasteiger partial charge in [-0.15, -0.1) is 5.10 Å². The molecule has 108 valence electrons. The zero-order valence-corrected chi connectivity index (χ0v) is 11.1. The van der Waals surface area contributed by atoms with E-state index in [4.69, 9.17) is 5.73 Å². The summed E-state index contributed by atoms with van der Waals surface area (Å²) in [5.41, 5.74) is 7.17. The standard InChI is InChI=1S/C13H16F2N4O/c1-2-5-10-12(16)17-18-19(10)8-9-6-3-4-7-11(9)20-13(14)15/h3-4,6-7,13H,2,5,8,16H2,1H3. The van der Waals surface area contributed by atoms with Crippen LogP contribution < -0.4 is 10.5 Å². The van der Waals surface area contributed by atoms with Crippen molar-refractivity contribution in [2.75, 3.05) is 5.73 Å². The molecule has 0 fully saturated rings. The van der Waals surface area contributed by atoms with Gasteiger partial charge in [-0.25, -0.2) is 4.68 Å². The van der Waals surface area contributed by atoms with Gasteiger partial charge in [-0.1, -0.05) is 36.8 Å². The number of ether oxygens (including phenoxy) is 1. The fraction of sp³-hybridized carbons (Fsp3) is 0.385. The van der Waals surface area contributed by atoms with Gasteiger partial charge in [0.25, 0.3) is 0 Å². The third kappa shape index (κ3) is 3.23. The van der Waals surface area contributed by atoms with Crippen LogP contribution in [0.1, 0.15) is 24.6 Å². The number of nitrogen functional groups attached to an aromatic ring is 1. The number of hydrogen-bond acceptors (Lipinski definition) is 4. The molecule has 0 unspecified atom stereocenters. The molecule has 2 rings (SSSR count). The molecule has 1 aromatic heterocycles. The van der Waals surface area contributed by atoms with Crippen LogP contribution in [0.25, 0.3) is 0 Å². The van der Waals surface area contributed by atoms with E-state index in [9.17, 15) is 8.78 Å². The Bertz CT molecular complexity index is 571. The minimum Gasteiger partial charge on any atom is -0.434 e. The second-order valence-electron chi connectivity index (χ2n) is 4.32. The van der Waals surface area contributed by atoms with Crippen molar-refractivity contribution in [3.63, 3.8) is 0 Å². The van der Waals surface area contributed by atoms with Gasteiger partial charge in [-0.3, -0.25) is 0 Å². The summed E-state index contributed by atoms with van der Waals surface area (Å²) in [5, 5.41) is 7.77. The van der Waals surface area contributed by atoms with Crippen molar-refractivity contribution in [1.82, 2.24) is 15.0 Å². The first-order valence-electron chi connectivity index (χ1n) is 6.32. The highest BCUT2D eigenvalue weighted by Gasteiger charge is 2.13. The fourth-order valence-electron chi connectivity index (χ4n) is 1.97. The van der Waals surface area contributed by atoms with Crippen LogP contribution in [0.15, 0.2) is 24.3 Å². The molecule has 0 aliphatic rings. The van der Waals surface area contributed by atoms with Crippen LogP contribution in [-0.2, 0) is 13.0 Å². The number of hydrogen-bond donors (Lipinski definition) is 1. The number of nitrogens with zero attached hydrogens (tertiary/aromatic N) is 3. The fourth-order valence-corrected chi connectivity index (χ4v) is 1.97. The highest BCUT2D eigenvalue weighted by molar-refractivity contribution is 5.36. The minimum absolute atomic E-state index is 0.138. The molecule has 0 saturated carbocycles. The molecule has 0 amide bonds. The topological polar surface area (TPSA) is 66.0 Å². The molecule has 2 aromatic rings. The molecule has 0 atom stereocenters. The van der Waals surface area contributed by atoms with Gasteiger partial charge in [0, 0.05) is 5.56 Å². The molecule has 0 radical (unpaired) electrons. The van der Waals surface area contributed by atoms with Crippen LogP contribution in [0.2, 0.25) is 0 Å². The highest BCUT2D eigenvalue weighted by Crippen LogP contribution is 2.22. The third-order valence-electron chi connectivity index (χ3n) is 2.86. The minimum atomic E-state index is -2.85. The lowest BCUT2D eigenvalue weighted by Gasteiger charge is -2.11. The number of halogens is 2. The van der Waals surface area contributed by atoms with Crippen LogP contribution in [0.4, 0.5) is 14.6 Å². The quantitative estimate of drug-likeness (QED) is 0.883. The lowest BCUT2D eigenvalue weighted by Crippen LogP contribution is -2.10. The second kappa shape index (κ2) is 6.31. The maximum absolute atomic E-state index is 12.4. The van der Waals surface area contributed by atoms with Crippen molar-refractivity contribution >= 4 is 5.82 Å². The van der Waals surface area contributed by atoms with Gasteiger partial charge in [-0.05, 0) is 12.5 Å².